The van der Waals surface area contributed by atoms with Crippen LogP contribution in [0.3, 0.4) is 0 Å². The summed E-state index contributed by atoms with van der Waals surface area (Å²) in [6.45, 7) is 6.35. The Bertz CT molecular complexity index is 1110. The molecule has 2 amide bonds. The number of rotatable bonds is 7. The summed E-state index contributed by atoms with van der Waals surface area (Å²) in [5.41, 5.74) is 1.53. The van der Waals surface area contributed by atoms with Gasteiger partial charge in [-0.15, -0.1) is 0 Å². The molecule has 8 heteroatoms. The van der Waals surface area contributed by atoms with E-state index >= 15 is 0 Å². The van der Waals surface area contributed by atoms with Crippen molar-refractivity contribution in [2.24, 2.45) is 0 Å². The predicted octanol–water partition coefficient (Wildman–Crippen LogP) is 4.38. The average molecular weight is 492 g/mol. The van der Waals surface area contributed by atoms with Gasteiger partial charge in [0.1, 0.15) is 24.1 Å². The molecule has 1 saturated heterocycles. The predicted molar refractivity (Wildman–Crippen MR) is 138 cm³/mol. The number of likely N-dealkylation sites (tertiary alicyclic amines) is 1. The molecule has 0 aliphatic carbocycles. The van der Waals surface area contributed by atoms with Gasteiger partial charge in [0.2, 0.25) is 0 Å². The number of hydrogen-bond acceptors (Lipinski definition) is 6. The number of carbonyl (C=O) groups excluding carboxylic acids is 2. The Morgan fingerprint density at radius 2 is 1.86 bits per heavy atom. The average Bonchev–Trinajstić information content (AvgIpc) is 2.86. The van der Waals surface area contributed by atoms with Crippen LogP contribution in [0, 0.1) is 11.3 Å². The second-order valence-corrected chi connectivity index (χ2v) is 9.58. The molecule has 1 aliphatic rings. The first kappa shape index (κ1) is 26.8. The number of hydrogen-bond donors (Lipinski definition) is 1. The van der Waals surface area contributed by atoms with Crippen molar-refractivity contribution in [2.75, 3.05) is 31.1 Å². The van der Waals surface area contributed by atoms with E-state index in [0.717, 1.165) is 5.56 Å². The van der Waals surface area contributed by atoms with Crippen molar-refractivity contribution in [1.82, 2.24) is 4.90 Å². The molecule has 1 fully saturated rings. The zero-order valence-corrected chi connectivity index (χ0v) is 21.0. The minimum absolute atomic E-state index is 0.0168. The zero-order chi connectivity index (χ0) is 26.1. The monoisotopic (exact) mass is 491 g/mol. The Kier molecular flexibility index (Phi) is 9.09. The first-order valence-electron chi connectivity index (χ1n) is 12.0. The van der Waals surface area contributed by atoms with Gasteiger partial charge < -0.3 is 24.4 Å². The van der Waals surface area contributed by atoms with Crippen LogP contribution in [0.5, 0.6) is 5.75 Å². The van der Waals surface area contributed by atoms with Gasteiger partial charge in [0.25, 0.3) is 5.91 Å². The van der Waals surface area contributed by atoms with Gasteiger partial charge in [-0.1, -0.05) is 24.3 Å². The van der Waals surface area contributed by atoms with Crippen LogP contribution >= 0.6 is 0 Å². The van der Waals surface area contributed by atoms with Crippen molar-refractivity contribution < 1.29 is 24.2 Å². The highest BCUT2D eigenvalue weighted by Gasteiger charge is 2.27. The molecule has 0 spiro atoms. The maximum Gasteiger partial charge on any atom is 0.410 e. The second-order valence-electron chi connectivity index (χ2n) is 9.58. The first-order chi connectivity index (χ1) is 17.2. The lowest BCUT2D eigenvalue weighted by atomic mass is 10.1. The molecular weight excluding hydrogens is 458 g/mol. The molecular formula is C28H33N3O5. The number of piperidine rings is 1. The third kappa shape index (κ3) is 7.85. The van der Waals surface area contributed by atoms with E-state index < -0.39 is 18.1 Å². The van der Waals surface area contributed by atoms with E-state index in [1.807, 2.05) is 39.0 Å². The number of nitrogens with zero attached hydrogens (tertiary/aromatic N) is 3. The molecule has 2 aromatic rings. The van der Waals surface area contributed by atoms with E-state index in [9.17, 15) is 14.7 Å². The Balaban J connectivity index is 1.57. The molecule has 0 atom stereocenters. The van der Waals surface area contributed by atoms with Crippen LogP contribution < -0.4 is 9.64 Å². The van der Waals surface area contributed by atoms with Crippen LogP contribution in [0.2, 0.25) is 0 Å². The third-order valence-corrected chi connectivity index (χ3v) is 5.60. The van der Waals surface area contributed by atoms with Crippen LogP contribution in [-0.2, 0) is 9.53 Å². The molecule has 1 aliphatic heterocycles. The lowest BCUT2D eigenvalue weighted by Crippen LogP contribution is -2.44. The normalized spacial score (nSPS) is 14.4. The topological polar surface area (TPSA) is 103 Å². The highest BCUT2D eigenvalue weighted by molar-refractivity contribution is 5.94. The van der Waals surface area contributed by atoms with Crippen LogP contribution in [0.25, 0.3) is 6.08 Å². The maximum atomic E-state index is 12.4. The van der Waals surface area contributed by atoms with Gasteiger partial charge in [0.15, 0.2) is 0 Å². The Morgan fingerprint density at radius 3 is 2.47 bits per heavy atom. The van der Waals surface area contributed by atoms with E-state index in [1.54, 1.807) is 47.4 Å². The smallest absolute Gasteiger partial charge is 0.410 e. The zero-order valence-electron chi connectivity index (χ0n) is 21.0. The molecule has 2 aromatic carbocycles. The molecule has 36 heavy (non-hydrogen) atoms. The van der Waals surface area contributed by atoms with Crippen molar-refractivity contribution >= 4 is 23.8 Å². The van der Waals surface area contributed by atoms with Crippen LogP contribution in [-0.4, -0.2) is 60.0 Å². The van der Waals surface area contributed by atoms with Gasteiger partial charge in [-0.05, 0) is 62.7 Å². The lowest BCUT2D eigenvalue weighted by Gasteiger charge is -2.33. The van der Waals surface area contributed by atoms with E-state index in [-0.39, 0.29) is 18.7 Å². The Morgan fingerprint density at radius 1 is 1.17 bits per heavy atom. The minimum atomic E-state index is -0.605. The van der Waals surface area contributed by atoms with Gasteiger partial charge in [0.05, 0.1) is 11.6 Å². The number of aliphatic hydroxyl groups is 1. The molecule has 190 valence electrons. The summed E-state index contributed by atoms with van der Waals surface area (Å²) >= 11 is 0. The van der Waals surface area contributed by atoms with Crippen LogP contribution in [0.4, 0.5) is 10.5 Å². The Hall–Kier alpha value is -3.83. The number of amides is 2. The molecule has 0 aromatic heterocycles. The molecule has 3 rings (SSSR count). The van der Waals surface area contributed by atoms with Crippen molar-refractivity contribution in [2.45, 2.75) is 45.3 Å². The summed E-state index contributed by atoms with van der Waals surface area (Å²) in [6.07, 6.45) is 4.73. The highest BCUT2D eigenvalue weighted by atomic mass is 16.6. The number of aliphatic hydroxyl groups excluding tert-OH is 1. The fourth-order valence-corrected chi connectivity index (χ4v) is 3.82. The molecule has 0 saturated carbocycles. The van der Waals surface area contributed by atoms with E-state index in [2.05, 4.69) is 6.07 Å². The number of carbonyl (C=O) groups is 2. The molecule has 0 radical (unpaired) electrons. The van der Waals surface area contributed by atoms with Crippen molar-refractivity contribution in [3.05, 3.63) is 65.7 Å². The standard InChI is InChI=1S/C28H33N3O5/c1-28(2,3)36-27(34)30-16-13-25(14-17-30)35-24-11-9-23(10-12-24)31(26(33)20-32)15-5-8-21-6-4-7-22(18-21)19-29/h4-12,18,25,32H,13-17,20H2,1-3H3. The van der Waals surface area contributed by atoms with Gasteiger partial charge in [-0.2, -0.15) is 5.26 Å². The summed E-state index contributed by atoms with van der Waals surface area (Å²) in [4.78, 5) is 27.8. The third-order valence-electron chi connectivity index (χ3n) is 5.60. The van der Waals surface area contributed by atoms with Crippen LogP contribution in [0.15, 0.2) is 54.6 Å². The maximum absolute atomic E-state index is 12.4. The SMILES string of the molecule is CC(C)(C)OC(=O)N1CCC(Oc2ccc(N(CC=Cc3cccc(C#N)c3)C(=O)CO)cc2)CC1. The molecule has 0 unspecified atom stereocenters. The van der Waals surface area contributed by atoms with Gasteiger partial charge in [-0.3, -0.25) is 4.79 Å². The summed E-state index contributed by atoms with van der Waals surface area (Å²) in [7, 11) is 0. The number of ether oxygens (including phenoxy) is 2. The molecule has 0 bridgehead atoms. The van der Waals surface area contributed by atoms with Crippen molar-refractivity contribution in [1.29, 1.82) is 5.26 Å². The van der Waals surface area contributed by atoms with E-state index in [1.165, 1.54) is 4.90 Å². The highest BCUT2D eigenvalue weighted by Crippen LogP contribution is 2.24. The summed E-state index contributed by atoms with van der Waals surface area (Å²) in [6, 6.07) is 16.4. The van der Waals surface area contributed by atoms with E-state index in [4.69, 9.17) is 14.7 Å². The largest absolute Gasteiger partial charge is 0.490 e. The first-order valence-corrected chi connectivity index (χ1v) is 12.0. The fourth-order valence-electron chi connectivity index (χ4n) is 3.82. The summed E-state index contributed by atoms with van der Waals surface area (Å²) in [5, 5.41) is 18.5. The minimum Gasteiger partial charge on any atom is -0.490 e. The van der Waals surface area contributed by atoms with Crippen molar-refractivity contribution in [3.8, 4) is 11.8 Å². The van der Waals surface area contributed by atoms with Gasteiger partial charge in [-0.25, -0.2) is 4.79 Å². The van der Waals surface area contributed by atoms with Crippen LogP contribution in [0.1, 0.15) is 44.7 Å². The summed E-state index contributed by atoms with van der Waals surface area (Å²) < 4.78 is 11.5. The van der Waals surface area contributed by atoms with Crippen molar-refractivity contribution in [3.63, 3.8) is 0 Å². The molecule has 1 N–H and O–H groups in total. The quantitative estimate of drug-likeness (QED) is 0.617. The van der Waals surface area contributed by atoms with Gasteiger partial charge >= 0.3 is 6.09 Å². The summed E-state index contributed by atoms with van der Waals surface area (Å²) in [5.74, 6) is 0.253. The number of benzene rings is 2. The van der Waals surface area contributed by atoms with Gasteiger partial charge in [0, 0.05) is 38.2 Å². The molecule has 1 heterocycles. The number of anilines is 1. The fraction of sp³-hybridized carbons (Fsp3) is 0.393. The molecule has 8 nitrogen and oxygen atoms in total. The number of nitriles is 1. The lowest BCUT2D eigenvalue weighted by molar-refractivity contribution is -0.121. The second kappa shape index (κ2) is 12.2. The Labute approximate surface area is 212 Å². The van der Waals surface area contributed by atoms with E-state index in [0.29, 0.717) is 42.9 Å².